The normalized spacial score (nSPS) is 10.4. The summed E-state index contributed by atoms with van der Waals surface area (Å²) in [4.78, 5) is 4.19. The number of rotatable bonds is 3. The molecule has 0 radical (unpaired) electrons. The van der Waals surface area contributed by atoms with Crippen molar-refractivity contribution in [1.29, 1.82) is 0 Å². The zero-order valence-electron chi connectivity index (χ0n) is 8.32. The summed E-state index contributed by atoms with van der Waals surface area (Å²) in [7, 11) is 1.88. The van der Waals surface area contributed by atoms with Gasteiger partial charge in [0.1, 0.15) is 11.4 Å². The fraction of sp³-hybridized carbons (Fsp3) is 0.300. The van der Waals surface area contributed by atoms with Crippen LogP contribution in [-0.2, 0) is 0 Å². The summed E-state index contributed by atoms with van der Waals surface area (Å²) in [5, 5.41) is 3.09. The van der Waals surface area contributed by atoms with Crippen LogP contribution in [-0.4, -0.2) is 23.0 Å². The van der Waals surface area contributed by atoms with Gasteiger partial charge in [0.2, 0.25) is 0 Å². The van der Waals surface area contributed by atoms with Crippen LogP contribution in [0.4, 0.5) is 5.69 Å². The molecule has 1 N–H and O–H groups in total. The highest BCUT2D eigenvalue weighted by molar-refractivity contribution is 5.61. The molecule has 0 fully saturated rings. The first-order chi connectivity index (χ1) is 6.85. The summed E-state index contributed by atoms with van der Waals surface area (Å²) in [5.41, 5.74) is 1.87. The highest BCUT2D eigenvalue weighted by atomic mass is 16.5. The molecule has 0 saturated heterocycles. The van der Waals surface area contributed by atoms with Crippen LogP contribution < -0.4 is 10.1 Å². The molecule has 4 nitrogen and oxygen atoms in total. The van der Waals surface area contributed by atoms with Gasteiger partial charge in [-0.3, -0.25) is 0 Å². The lowest BCUT2D eigenvalue weighted by Crippen LogP contribution is -1.99. The number of pyridine rings is 1. The molecule has 0 amide bonds. The van der Waals surface area contributed by atoms with Gasteiger partial charge in [-0.25, -0.2) is 4.98 Å². The number of fused-ring (bicyclic) bond motifs is 1. The quantitative estimate of drug-likeness (QED) is 0.803. The number of hydrogen-bond acceptors (Lipinski definition) is 3. The molecule has 0 saturated carbocycles. The van der Waals surface area contributed by atoms with Crippen molar-refractivity contribution in [3.05, 3.63) is 24.7 Å². The zero-order chi connectivity index (χ0) is 9.97. The highest BCUT2D eigenvalue weighted by Crippen LogP contribution is 2.25. The standard InChI is InChI=1S/C10H13N3O/c1-3-14-9-6-10-12-4-5-13(10)7-8(9)11-2/h4-7,11H,3H2,1-2H3. The van der Waals surface area contributed by atoms with Crippen LogP contribution in [0.15, 0.2) is 24.7 Å². The molecule has 0 aliphatic heterocycles. The van der Waals surface area contributed by atoms with Crippen LogP contribution in [0.3, 0.4) is 0 Å². The minimum atomic E-state index is 0.658. The summed E-state index contributed by atoms with van der Waals surface area (Å²) in [5.74, 6) is 0.841. The largest absolute Gasteiger partial charge is 0.492 e. The van der Waals surface area contributed by atoms with Crippen LogP contribution in [0.5, 0.6) is 5.75 Å². The van der Waals surface area contributed by atoms with Gasteiger partial charge < -0.3 is 14.5 Å². The number of ether oxygens (including phenoxy) is 1. The highest BCUT2D eigenvalue weighted by Gasteiger charge is 2.04. The Morgan fingerprint density at radius 1 is 1.57 bits per heavy atom. The van der Waals surface area contributed by atoms with E-state index in [9.17, 15) is 0 Å². The lowest BCUT2D eigenvalue weighted by atomic mass is 10.3. The zero-order valence-corrected chi connectivity index (χ0v) is 8.32. The van der Waals surface area contributed by atoms with Gasteiger partial charge in [-0.15, -0.1) is 0 Å². The van der Waals surface area contributed by atoms with Gasteiger partial charge in [0.05, 0.1) is 12.3 Å². The summed E-state index contributed by atoms with van der Waals surface area (Å²) >= 11 is 0. The summed E-state index contributed by atoms with van der Waals surface area (Å²) in [6.07, 6.45) is 5.64. The van der Waals surface area contributed by atoms with Crippen molar-refractivity contribution in [3.8, 4) is 5.75 Å². The molecule has 4 heteroatoms. The Bertz CT molecular complexity index is 436. The number of hydrogen-bond donors (Lipinski definition) is 1. The monoisotopic (exact) mass is 191 g/mol. The van der Waals surface area contributed by atoms with Gasteiger partial charge in [-0.2, -0.15) is 0 Å². The molecule has 0 aliphatic rings. The first-order valence-electron chi connectivity index (χ1n) is 4.62. The molecule has 0 spiro atoms. The second kappa shape index (κ2) is 3.57. The van der Waals surface area contributed by atoms with E-state index in [1.54, 1.807) is 6.20 Å². The second-order valence-corrected chi connectivity index (χ2v) is 2.93. The Morgan fingerprint density at radius 2 is 2.43 bits per heavy atom. The van der Waals surface area contributed by atoms with E-state index in [-0.39, 0.29) is 0 Å². The third-order valence-corrected chi connectivity index (χ3v) is 2.06. The molecule has 2 aromatic heterocycles. The topological polar surface area (TPSA) is 38.6 Å². The van der Waals surface area contributed by atoms with Crippen molar-refractivity contribution < 1.29 is 4.74 Å². The molecular formula is C10H13N3O. The maximum atomic E-state index is 5.49. The lowest BCUT2D eigenvalue weighted by Gasteiger charge is -2.09. The van der Waals surface area contributed by atoms with Gasteiger partial charge in [0, 0.05) is 31.7 Å². The van der Waals surface area contributed by atoms with Crippen molar-refractivity contribution in [3.63, 3.8) is 0 Å². The van der Waals surface area contributed by atoms with E-state index >= 15 is 0 Å². The Balaban J connectivity index is 2.54. The minimum Gasteiger partial charge on any atom is -0.492 e. The third kappa shape index (κ3) is 1.39. The SMILES string of the molecule is CCOc1cc2nccn2cc1NC. The molecule has 0 unspecified atom stereocenters. The average molecular weight is 191 g/mol. The Labute approximate surface area is 82.5 Å². The molecule has 14 heavy (non-hydrogen) atoms. The number of anilines is 1. The lowest BCUT2D eigenvalue weighted by molar-refractivity contribution is 0.342. The van der Waals surface area contributed by atoms with E-state index in [4.69, 9.17) is 4.74 Å². The first-order valence-corrected chi connectivity index (χ1v) is 4.62. The number of nitrogens with one attached hydrogen (secondary N) is 1. The average Bonchev–Trinajstić information content (AvgIpc) is 2.64. The number of nitrogens with zero attached hydrogens (tertiary/aromatic N) is 2. The van der Waals surface area contributed by atoms with Crippen LogP contribution >= 0.6 is 0 Å². The maximum absolute atomic E-state index is 5.49. The first kappa shape index (κ1) is 8.87. The van der Waals surface area contributed by atoms with Crippen molar-refractivity contribution >= 4 is 11.3 Å². The van der Waals surface area contributed by atoms with Gasteiger partial charge in [-0.05, 0) is 6.92 Å². The summed E-state index contributed by atoms with van der Waals surface area (Å²) < 4.78 is 7.44. The fourth-order valence-electron chi connectivity index (χ4n) is 1.41. The summed E-state index contributed by atoms with van der Waals surface area (Å²) in [6, 6.07) is 1.93. The van der Waals surface area contributed by atoms with E-state index < -0.39 is 0 Å². The van der Waals surface area contributed by atoms with Gasteiger partial charge in [0.25, 0.3) is 0 Å². The van der Waals surface area contributed by atoms with E-state index in [0.717, 1.165) is 17.1 Å². The summed E-state index contributed by atoms with van der Waals surface area (Å²) in [6.45, 7) is 2.63. The minimum absolute atomic E-state index is 0.658. The van der Waals surface area contributed by atoms with Gasteiger partial charge in [0.15, 0.2) is 0 Å². The number of aromatic nitrogens is 2. The van der Waals surface area contributed by atoms with Crippen molar-refractivity contribution in [2.75, 3.05) is 19.0 Å². The predicted octanol–water partition coefficient (Wildman–Crippen LogP) is 1.77. The Kier molecular flexibility index (Phi) is 2.26. The van der Waals surface area contributed by atoms with Crippen LogP contribution in [0.1, 0.15) is 6.92 Å². The van der Waals surface area contributed by atoms with E-state index in [1.807, 2.05) is 36.8 Å². The van der Waals surface area contributed by atoms with Crippen molar-refractivity contribution in [1.82, 2.24) is 9.38 Å². The van der Waals surface area contributed by atoms with Crippen LogP contribution in [0.2, 0.25) is 0 Å². The van der Waals surface area contributed by atoms with Gasteiger partial charge >= 0.3 is 0 Å². The molecule has 74 valence electrons. The fourth-order valence-corrected chi connectivity index (χ4v) is 1.41. The third-order valence-electron chi connectivity index (χ3n) is 2.06. The maximum Gasteiger partial charge on any atom is 0.147 e. The molecule has 0 bridgehead atoms. The van der Waals surface area contributed by atoms with Crippen molar-refractivity contribution in [2.24, 2.45) is 0 Å². The van der Waals surface area contributed by atoms with E-state index in [0.29, 0.717) is 6.61 Å². The Hall–Kier alpha value is -1.71. The van der Waals surface area contributed by atoms with E-state index in [2.05, 4.69) is 10.3 Å². The molecular weight excluding hydrogens is 178 g/mol. The Morgan fingerprint density at radius 3 is 3.14 bits per heavy atom. The number of imidazole rings is 1. The molecule has 0 atom stereocenters. The molecule has 2 heterocycles. The second-order valence-electron chi connectivity index (χ2n) is 2.93. The molecule has 0 aliphatic carbocycles. The molecule has 0 aromatic carbocycles. The van der Waals surface area contributed by atoms with E-state index in [1.165, 1.54) is 0 Å². The van der Waals surface area contributed by atoms with Crippen molar-refractivity contribution in [2.45, 2.75) is 6.92 Å². The molecule has 2 rings (SSSR count). The van der Waals surface area contributed by atoms with Crippen LogP contribution in [0.25, 0.3) is 5.65 Å². The molecule has 2 aromatic rings. The smallest absolute Gasteiger partial charge is 0.147 e. The predicted molar refractivity (Wildman–Crippen MR) is 55.9 cm³/mol. The van der Waals surface area contributed by atoms with Crippen LogP contribution in [0, 0.1) is 0 Å². The van der Waals surface area contributed by atoms with Gasteiger partial charge in [-0.1, -0.05) is 0 Å².